The molecule has 1 aliphatic heterocycles. The molecule has 1 aliphatic rings. The third-order valence-electron chi connectivity index (χ3n) is 4.75. The van der Waals surface area contributed by atoms with Gasteiger partial charge in [0.1, 0.15) is 5.75 Å². The lowest BCUT2D eigenvalue weighted by Gasteiger charge is -2.36. The average Bonchev–Trinajstić information content (AvgIpc) is 2.72. The smallest absolute Gasteiger partial charge is 0.253 e. The maximum atomic E-state index is 12.9. The number of rotatable bonds is 6. The van der Waals surface area contributed by atoms with Crippen molar-refractivity contribution in [2.75, 3.05) is 44.8 Å². The van der Waals surface area contributed by atoms with E-state index in [1.807, 2.05) is 54.3 Å². The first-order valence-corrected chi connectivity index (χ1v) is 9.55. The predicted octanol–water partition coefficient (Wildman–Crippen LogP) is 3.85. The summed E-state index contributed by atoms with van der Waals surface area (Å²) in [6.45, 7) is 5.84. The van der Waals surface area contributed by atoms with Crippen LogP contribution in [0.2, 0.25) is 5.02 Å². The lowest BCUT2D eigenvalue weighted by atomic mass is 10.1. The van der Waals surface area contributed by atoms with E-state index in [1.54, 1.807) is 7.11 Å². The van der Waals surface area contributed by atoms with Crippen molar-refractivity contribution in [3.05, 3.63) is 58.6 Å². The van der Waals surface area contributed by atoms with Gasteiger partial charge < -0.3 is 19.3 Å². The molecule has 1 saturated heterocycles. The molecule has 0 radical (unpaired) electrons. The van der Waals surface area contributed by atoms with Gasteiger partial charge >= 0.3 is 0 Å². The maximum Gasteiger partial charge on any atom is 0.253 e. The largest absolute Gasteiger partial charge is 0.496 e. The number of amides is 1. The van der Waals surface area contributed by atoms with Crippen molar-refractivity contribution in [2.24, 2.45) is 0 Å². The number of carbonyl (C=O) groups is 1. The van der Waals surface area contributed by atoms with E-state index in [-0.39, 0.29) is 5.91 Å². The van der Waals surface area contributed by atoms with Crippen LogP contribution in [-0.4, -0.2) is 50.7 Å². The van der Waals surface area contributed by atoms with Crippen molar-refractivity contribution in [3.8, 4) is 5.75 Å². The molecule has 0 unspecified atom stereocenters. The number of piperazine rings is 1. The maximum absolute atomic E-state index is 12.9. The van der Waals surface area contributed by atoms with E-state index >= 15 is 0 Å². The number of ether oxygens (including phenoxy) is 2. The summed E-state index contributed by atoms with van der Waals surface area (Å²) in [6.07, 6.45) is 0. The molecule has 2 aromatic carbocycles. The molecule has 1 amide bonds. The van der Waals surface area contributed by atoms with Crippen LogP contribution < -0.4 is 9.64 Å². The van der Waals surface area contributed by atoms with Crippen molar-refractivity contribution < 1.29 is 14.3 Å². The zero-order chi connectivity index (χ0) is 19.2. The Balaban J connectivity index is 1.68. The van der Waals surface area contributed by atoms with Crippen molar-refractivity contribution in [2.45, 2.75) is 13.5 Å². The zero-order valence-corrected chi connectivity index (χ0v) is 16.5. The molecular formula is C21H25ClN2O3. The SMILES string of the molecule is CCOCc1cc(C(=O)N2CCN(c3ccccc3Cl)CC2)ccc1OC. The van der Waals surface area contributed by atoms with Crippen LogP contribution in [0.1, 0.15) is 22.8 Å². The third kappa shape index (κ3) is 4.54. The molecule has 0 atom stereocenters. The summed E-state index contributed by atoms with van der Waals surface area (Å²) in [5.41, 5.74) is 2.58. The zero-order valence-electron chi connectivity index (χ0n) is 15.8. The minimum atomic E-state index is 0.0363. The topological polar surface area (TPSA) is 42.0 Å². The number of para-hydroxylation sites is 1. The molecule has 1 fully saturated rings. The van der Waals surface area contributed by atoms with Crippen LogP contribution in [0.3, 0.4) is 0 Å². The van der Waals surface area contributed by atoms with Crippen LogP contribution in [0, 0.1) is 0 Å². The molecule has 3 rings (SSSR count). The molecule has 6 heteroatoms. The monoisotopic (exact) mass is 388 g/mol. The Labute approximate surface area is 165 Å². The second-order valence-electron chi connectivity index (χ2n) is 6.39. The Morgan fingerprint density at radius 1 is 1.11 bits per heavy atom. The summed E-state index contributed by atoms with van der Waals surface area (Å²) in [5.74, 6) is 0.776. The van der Waals surface area contributed by atoms with Gasteiger partial charge in [0, 0.05) is 43.9 Å². The molecule has 0 aromatic heterocycles. The van der Waals surface area contributed by atoms with Gasteiger partial charge in [-0.25, -0.2) is 0 Å². The number of halogens is 1. The van der Waals surface area contributed by atoms with Gasteiger partial charge in [0.05, 0.1) is 24.4 Å². The summed E-state index contributed by atoms with van der Waals surface area (Å²) in [7, 11) is 1.63. The highest BCUT2D eigenvalue weighted by Crippen LogP contribution is 2.27. The van der Waals surface area contributed by atoms with E-state index in [0.29, 0.717) is 31.9 Å². The van der Waals surface area contributed by atoms with E-state index in [2.05, 4.69) is 4.90 Å². The standard InChI is InChI=1S/C21H25ClN2O3/c1-3-27-15-17-14-16(8-9-20(17)26-2)21(25)24-12-10-23(11-13-24)19-7-5-4-6-18(19)22/h4-9,14H,3,10-13,15H2,1-2H3. The minimum Gasteiger partial charge on any atom is -0.496 e. The van der Waals surface area contributed by atoms with E-state index in [1.165, 1.54) is 0 Å². The number of nitrogens with zero attached hydrogens (tertiary/aromatic N) is 2. The van der Waals surface area contributed by atoms with Crippen molar-refractivity contribution in [1.29, 1.82) is 0 Å². The highest BCUT2D eigenvalue weighted by molar-refractivity contribution is 6.33. The Morgan fingerprint density at radius 2 is 1.85 bits per heavy atom. The molecule has 0 bridgehead atoms. The number of methoxy groups -OCH3 is 1. The number of anilines is 1. The Hall–Kier alpha value is -2.24. The fourth-order valence-corrected chi connectivity index (χ4v) is 3.53. The van der Waals surface area contributed by atoms with E-state index in [0.717, 1.165) is 35.1 Å². The Bertz CT molecular complexity index is 789. The Kier molecular flexibility index (Phi) is 6.58. The van der Waals surface area contributed by atoms with Gasteiger partial charge in [0.2, 0.25) is 0 Å². The molecule has 144 valence electrons. The van der Waals surface area contributed by atoms with Crippen LogP contribution in [0.4, 0.5) is 5.69 Å². The second kappa shape index (κ2) is 9.11. The number of carbonyl (C=O) groups excluding carboxylic acids is 1. The molecule has 0 aliphatic carbocycles. The molecule has 0 spiro atoms. The van der Waals surface area contributed by atoms with Crippen molar-refractivity contribution >= 4 is 23.2 Å². The van der Waals surface area contributed by atoms with Crippen LogP contribution in [0.25, 0.3) is 0 Å². The molecule has 2 aromatic rings. The Morgan fingerprint density at radius 3 is 2.52 bits per heavy atom. The van der Waals surface area contributed by atoms with Crippen LogP contribution in [0.15, 0.2) is 42.5 Å². The van der Waals surface area contributed by atoms with E-state index in [9.17, 15) is 4.79 Å². The summed E-state index contributed by atoms with van der Waals surface area (Å²) in [5, 5.41) is 0.744. The average molecular weight is 389 g/mol. The number of hydrogen-bond donors (Lipinski definition) is 0. The van der Waals surface area contributed by atoms with Crippen molar-refractivity contribution in [3.63, 3.8) is 0 Å². The minimum absolute atomic E-state index is 0.0363. The quantitative estimate of drug-likeness (QED) is 0.753. The highest BCUT2D eigenvalue weighted by atomic mass is 35.5. The fraction of sp³-hybridized carbons (Fsp3) is 0.381. The third-order valence-corrected chi connectivity index (χ3v) is 5.07. The molecule has 27 heavy (non-hydrogen) atoms. The summed E-state index contributed by atoms with van der Waals surface area (Å²) < 4.78 is 10.9. The fourth-order valence-electron chi connectivity index (χ4n) is 3.28. The first-order valence-electron chi connectivity index (χ1n) is 9.17. The molecule has 5 nitrogen and oxygen atoms in total. The van der Waals surface area contributed by atoms with Crippen LogP contribution in [-0.2, 0) is 11.3 Å². The molecule has 0 saturated carbocycles. The molecule has 0 N–H and O–H groups in total. The predicted molar refractivity (Wildman–Crippen MR) is 108 cm³/mol. The van der Waals surface area contributed by atoms with Gasteiger partial charge in [-0.1, -0.05) is 23.7 Å². The second-order valence-corrected chi connectivity index (χ2v) is 6.80. The normalized spacial score (nSPS) is 14.3. The molecular weight excluding hydrogens is 364 g/mol. The van der Waals surface area contributed by atoms with Crippen molar-refractivity contribution in [1.82, 2.24) is 4.90 Å². The highest BCUT2D eigenvalue weighted by Gasteiger charge is 2.23. The van der Waals surface area contributed by atoms with Gasteiger partial charge in [-0.3, -0.25) is 4.79 Å². The van der Waals surface area contributed by atoms with E-state index < -0.39 is 0 Å². The van der Waals surface area contributed by atoms with E-state index in [4.69, 9.17) is 21.1 Å². The van der Waals surface area contributed by atoms with Gasteiger partial charge in [-0.05, 0) is 37.3 Å². The lowest BCUT2D eigenvalue weighted by Crippen LogP contribution is -2.48. The lowest BCUT2D eigenvalue weighted by molar-refractivity contribution is 0.0746. The summed E-state index contributed by atoms with van der Waals surface area (Å²) in [6, 6.07) is 13.3. The van der Waals surface area contributed by atoms with Crippen LogP contribution >= 0.6 is 11.6 Å². The number of benzene rings is 2. The summed E-state index contributed by atoms with van der Waals surface area (Å²) in [4.78, 5) is 17.0. The first-order chi connectivity index (χ1) is 13.1. The van der Waals surface area contributed by atoms with Gasteiger partial charge in [-0.2, -0.15) is 0 Å². The summed E-state index contributed by atoms with van der Waals surface area (Å²) >= 11 is 6.29. The van der Waals surface area contributed by atoms with Gasteiger partial charge in [-0.15, -0.1) is 0 Å². The van der Waals surface area contributed by atoms with Gasteiger partial charge in [0.15, 0.2) is 0 Å². The van der Waals surface area contributed by atoms with Crippen LogP contribution in [0.5, 0.6) is 5.75 Å². The van der Waals surface area contributed by atoms with Gasteiger partial charge in [0.25, 0.3) is 5.91 Å². The first kappa shape index (κ1) is 19.5. The number of hydrogen-bond acceptors (Lipinski definition) is 4. The molecule has 1 heterocycles.